The molecule has 0 bridgehead atoms. The van der Waals surface area contributed by atoms with E-state index in [0.717, 1.165) is 23.4 Å². The fraction of sp³-hybridized carbons (Fsp3) is 0.0789. The maximum absolute atomic E-state index is 4.42. The molecule has 0 amide bonds. The average molecular weight is 518 g/mol. The van der Waals surface area contributed by atoms with E-state index < -0.39 is 0 Å². The van der Waals surface area contributed by atoms with Gasteiger partial charge in [-0.1, -0.05) is 91.6 Å². The number of rotatable bonds is 5. The molecule has 6 rings (SSSR count). The van der Waals surface area contributed by atoms with Crippen LogP contribution in [-0.4, -0.2) is 6.21 Å². The first kappa shape index (κ1) is 25.3. The Labute approximate surface area is 237 Å². The van der Waals surface area contributed by atoms with E-state index in [1.807, 2.05) is 6.92 Å². The summed E-state index contributed by atoms with van der Waals surface area (Å²) in [5.74, 6) is 0. The molecule has 4 aromatic rings. The zero-order valence-corrected chi connectivity index (χ0v) is 23.1. The van der Waals surface area contributed by atoms with Gasteiger partial charge in [0.1, 0.15) is 0 Å². The number of para-hydroxylation sites is 1. The molecular formula is C38H33N2+. The van der Waals surface area contributed by atoms with Crippen LogP contribution in [0.5, 0.6) is 0 Å². The third kappa shape index (κ3) is 4.92. The van der Waals surface area contributed by atoms with Crippen LogP contribution in [-0.2, 0) is 6.54 Å². The second kappa shape index (κ2) is 11.0. The molecule has 0 saturated carbocycles. The lowest BCUT2D eigenvalue weighted by Gasteiger charge is -2.25. The monoisotopic (exact) mass is 517 g/mol. The Morgan fingerprint density at radius 2 is 1.55 bits per heavy atom. The summed E-state index contributed by atoms with van der Waals surface area (Å²) >= 11 is 0. The first-order valence-electron chi connectivity index (χ1n) is 13.8. The minimum Gasteiger partial charge on any atom is -0.343 e. The van der Waals surface area contributed by atoms with E-state index in [1.54, 1.807) is 0 Å². The van der Waals surface area contributed by atoms with Crippen LogP contribution in [0.1, 0.15) is 25.0 Å². The smallest absolute Gasteiger partial charge is 0.219 e. The lowest BCUT2D eigenvalue weighted by Crippen LogP contribution is -2.17. The molecule has 0 fully saturated rings. The zero-order valence-electron chi connectivity index (χ0n) is 23.1. The first-order chi connectivity index (χ1) is 19.6. The predicted molar refractivity (Wildman–Crippen MR) is 173 cm³/mol. The topological polar surface area (TPSA) is 6.25 Å². The van der Waals surface area contributed by atoms with Crippen molar-refractivity contribution in [2.45, 2.75) is 20.4 Å². The van der Waals surface area contributed by atoms with Crippen molar-refractivity contribution >= 4 is 28.8 Å². The van der Waals surface area contributed by atoms with Crippen molar-refractivity contribution in [3.05, 3.63) is 157 Å². The quantitative estimate of drug-likeness (QED) is 0.166. The van der Waals surface area contributed by atoms with E-state index in [1.165, 1.54) is 44.8 Å². The molecule has 2 aliphatic rings. The third-order valence-electron chi connectivity index (χ3n) is 7.45. The molecular weight excluding hydrogens is 484 g/mol. The summed E-state index contributed by atoms with van der Waals surface area (Å²) in [5, 5.41) is 0. The van der Waals surface area contributed by atoms with Crippen LogP contribution < -0.4 is 9.48 Å². The number of fused-ring (bicyclic) bond motifs is 4. The Balaban J connectivity index is 1.43. The van der Waals surface area contributed by atoms with Gasteiger partial charge in [-0.15, -0.1) is 0 Å². The summed E-state index contributed by atoms with van der Waals surface area (Å²) in [5.41, 5.74) is 13.1. The molecule has 0 saturated heterocycles. The molecule has 40 heavy (non-hydrogen) atoms. The Kier molecular flexibility index (Phi) is 6.99. The van der Waals surface area contributed by atoms with Crippen LogP contribution in [0.4, 0.5) is 17.1 Å². The average Bonchev–Trinajstić information content (AvgIpc) is 3.29. The fourth-order valence-electron chi connectivity index (χ4n) is 5.45. The van der Waals surface area contributed by atoms with E-state index in [-0.39, 0.29) is 0 Å². The van der Waals surface area contributed by atoms with Gasteiger partial charge in [-0.05, 0) is 66.5 Å². The molecule has 0 aromatic heterocycles. The molecule has 0 atom stereocenters. The summed E-state index contributed by atoms with van der Waals surface area (Å²) in [6, 6.07) is 32.8. The van der Waals surface area contributed by atoms with E-state index in [9.17, 15) is 0 Å². The highest BCUT2D eigenvalue weighted by molar-refractivity contribution is 6.00. The van der Waals surface area contributed by atoms with Crippen molar-refractivity contribution in [1.29, 1.82) is 0 Å². The zero-order chi connectivity index (χ0) is 27.5. The van der Waals surface area contributed by atoms with Crippen molar-refractivity contribution in [1.82, 2.24) is 4.58 Å². The largest absolute Gasteiger partial charge is 0.343 e. The van der Waals surface area contributed by atoms with E-state index in [4.69, 9.17) is 0 Å². The molecule has 4 aromatic carbocycles. The summed E-state index contributed by atoms with van der Waals surface area (Å²) in [4.78, 5) is 2.30. The van der Waals surface area contributed by atoms with Crippen LogP contribution >= 0.6 is 0 Å². The molecule has 194 valence electrons. The molecule has 2 heteroatoms. The molecule has 0 spiro atoms. The maximum Gasteiger partial charge on any atom is 0.219 e. The van der Waals surface area contributed by atoms with Crippen LogP contribution in [0.3, 0.4) is 0 Å². The Hall–Kier alpha value is -4.95. The van der Waals surface area contributed by atoms with Gasteiger partial charge in [0.25, 0.3) is 0 Å². The Bertz CT molecular complexity index is 1750. The van der Waals surface area contributed by atoms with Gasteiger partial charge >= 0.3 is 0 Å². The van der Waals surface area contributed by atoms with Crippen LogP contribution in [0.15, 0.2) is 146 Å². The minimum absolute atomic E-state index is 0.798. The highest BCUT2D eigenvalue weighted by atomic mass is 15.1. The highest BCUT2D eigenvalue weighted by Gasteiger charge is 2.31. The standard InChI is InChI=1S/C38H33N2/c1-4-5-13-28(2)26-40-37-18-10-9-17-33(37)34-21-19-32(25-38(34)40)31-20-22-36-35(24-31)29(3)14-11-12-23-39(36)27-30-15-7-6-8-16-30/h4-26H,3,27H2,1-2H3/q+1/b5-4-,14-11-,23-12-,28-13-,40-26?. The molecule has 0 radical (unpaired) electrons. The lowest BCUT2D eigenvalue weighted by molar-refractivity contribution is 0.965. The van der Waals surface area contributed by atoms with Gasteiger partial charge in [-0.3, -0.25) is 0 Å². The van der Waals surface area contributed by atoms with Gasteiger partial charge < -0.3 is 4.90 Å². The highest BCUT2D eigenvalue weighted by Crippen LogP contribution is 2.46. The van der Waals surface area contributed by atoms with E-state index >= 15 is 0 Å². The molecule has 2 nitrogen and oxygen atoms in total. The van der Waals surface area contributed by atoms with Gasteiger partial charge in [-0.25, -0.2) is 0 Å². The Morgan fingerprint density at radius 1 is 0.800 bits per heavy atom. The maximum atomic E-state index is 4.42. The van der Waals surface area contributed by atoms with Crippen LogP contribution in [0, 0.1) is 0 Å². The normalized spacial score (nSPS) is 16.9. The SMILES string of the molecule is C=C1/C=C\C=C/N(Cc2ccccc2)c2ccc(-c3ccc4c(c3)[N+](=C/C(C)=C\C=C/C)c3ccccc3-4)cc21. The first-order valence-corrected chi connectivity index (χ1v) is 13.8. The number of anilines is 1. The number of hydrogen-bond donors (Lipinski definition) is 0. The summed E-state index contributed by atoms with van der Waals surface area (Å²) in [6.45, 7) is 9.40. The third-order valence-corrected chi connectivity index (χ3v) is 7.45. The molecule has 0 aliphatic carbocycles. The van der Waals surface area contributed by atoms with Crippen molar-refractivity contribution < 1.29 is 0 Å². The van der Waals surface area contributed by atoms with Crippen molar-refractivity contribution in [2.24, 2.45) is 0 Å². The van der Waals surface area contributed by atoms with Gasteiger partial charge in [0.15, 0.2) is 6.21 Å². The van der Waals surface area contributed by atoms with Crippen LogP contribution in [0.25, 0.3) is 27.8 Å². The van der Waals surface area contributed by atoms with Crippen molar-refractivity contribution in [3.63, 3.8) is 0 Å². The number of benzene rings is 4. The van der Waals surface area contributed by atoms with Crippen LogP contribution in [0.2, 0.25) is 0 Å². The summed E-state index contributed by atoms with van der Waals surface area (Å²) < 4.78 is 2.32. The van der Waals surface area contributed by atoms with Crippen molar-refractivity contribution in [2.75, 3.05) is 4.90 Å². The number of hydrogen-bond acceptors (Lipinski definition) is 1. The molecule has 0 unspecified atom stereocenters. The molecule has 2 aliphatic heterocycles. The molecule has 2 heterocycles. The number of nitrogens with zero attached hydrogens (tertiary/aromatic N) is 2. The van der Waals surface area contributed by atoms with E-state index in [0.29, 0.717) is 0 Å². The second-order valence-electron chi connectivity index (χ2n) is 10.3. The van der Waals surface area contributed by atoms with Gasteiger partial charge in [0, 0.05) is 41.7 Å². The second-order valence-corrected chi connectivity index (χ2v) is 10.3. The van der Waals surface area contributed by atoms with Gasteiger partial charge in [0.2, 0.25) is 11.4 Å². The lowest BCUT2D eigenvalue weighted by atomic mass is 9.95. The summed E-state index contributed by atoms with van der Waals surface area (Å²) in [7, 11) is 0. The number of allylic oxidation sites excluding steroid dienone is 8. The van der Waals surface area contributed by atoms with Crippen molar-refractivity contribution in [3.8, 4) is 22.3 Å². The Morgan fingerprint density at radius 3 is 2.40 bits per heavy atom. The van der Waals surface area contributed by atoms with Gasteiger partial charge in [0.05, 0.1) is 11.1 Å². The van der Waals surface area contributed by atoms with E-state index in [2.05, 4.69) is 163 Å². The van der Waals surface area contributed by atoms with Gasteiger partial charge in [-0.2, -0.15) is 4.58 Å². The minimum atomic E-state index is 0.798. The molecule has 0 N–H and O–H groups in total. The summed E-state index contributed by atoms with van der Waals surface area (Å²) in [6.07, 6.45) is 16.9. The fourth-order valence-corrected chi connectivity index (χ4v) is 5.45. The predicted octanol–water partition coefficient (Wildman–Crippen LogP) is 9.87.